The molecule has 0 aromatic heterocycles. The molecule has 1 aromatic rings. The molecule has 23 heavy (non-hydrogen) atoms. The van der Waals surface area contributed by atoms with Crippen LogP contribution in [0.2, 0.25) is 5.02 Å². The molecule has 0 spiro atoms. The Balaban J connectivity index is 2.70. The second kappa shape index (κ2) is 8.20. The second-order valence-corrected chi connectivity index (χ2v) is 7.26. The van der Waals surface area contributed by atoms with Crippen molar-refractivity contribution >= 4 is 29.3 Å². The molecule has 0 saturated heterocycles. The van der Waals surface area contributed by atoms with E-state index in [2.05, 4.69) is 10.6 Å². The van der Waals surface area contributed by atoms with Crippen LogP contribution in [0.1, 0.15) is 41.0 Å². The topological polar surface area (TPSA) is 67.4 Å². The molecule has 0 aliphatic heterocycles. The van der Waals surface area contributed by atoms with E-state index in [1.807, 2.05) is 13.8 Å². The zero-order chi connectivity index (χ0) is 17.6. The lowest BCUT2D eigenvalue weighted by Gasteiger charge is -2.25. The van der Waals surface area contributed by atoms with Crippen molar-refractivity contribution in [1.29, 1.82) is 0 Å². The van der Waals surface area contributed by atoms with Crippen LogP contribution in [0.25, 0.3) is 0 Å². The van der Waals surface area contributed by atoms with Gasteiger partial charge in [-0.2, -0.15) is 0 Å². The van der Waals surface area contributed by atoms with Gasteiger partial charge in [0.2, 0.25) is 0 Å². The van der Waals surface area contributed by atoms with E-state index in [4.69, 9.17) is 16.3 Å². The molecular formula is C17H25ClN2O3. The lowest BCUT2D eigenvalue weighted by Crippen LogP contribution is -2.46. The quantitative estimate of drug-likeness (QED) is 0.789. The molecule has 0 fully saturated rings. The summed E-state index contributed by atoms with van der Waals surface area (Å²) in [7, 11) is 0. The molecule has 1 aromatic carbocycles. The van der Waals surface area contributed by atoms with Crippen LogP contribution in [0.15, 0.2) is 24.3 Å². The van der Waals surface area contributed by atoms with E-state index in [0.29, 0.717) is 17.1 Å². The van der Waals surface area contributed by atoms with Crippen molar-refractivity contribution in [1.82, 2.24) is 5.32 Å². The minimum Gasteiger partial charge on any atom is -0.458 e. The Morgan fingerprint density at radius 2 is 1.74 bits per heavy atom. The molecule has 0 saturated carbocycles. The third kappa shape index (κ3) is 7.88. The van der Waals surface area contributed by atoms with E-state index >= 15 is 0 Å². The molecule has 0 unspecified atom stereocenters. The molecule has 0 bridgehead atoms. The SMILES string of the molecule is CC(C)C[C@H](NC(=O)Nc1ccc(Cl)cc1)C(=O)OC(C)(C)C. The molecule has 5 nitrogen and oxygen atoms in total. The van der Waals surface area contributed by atoms with Crippen molar-refractivity contribution < 1.29 is 14.3 Å². The van der Waals surface area contributed by atoms with Gasteiger partial charge in [0, 0.05) is 10.7 Å². The Hall–Kier alpha value is -1.75. The molecule has 0 aliphatic rings. The lowest BCUT2D eigenvalue weighted by molar-refractivity contribution is -0.157. The third-order valence-corrected chi connectivity index (χ3v) is 3.06. The van der Waals surface area contributed by atoms with Gasteiger partial charge < -0.3 is 15.4 Å². The van der Waals surface area contributed by atoms with Gasteiger partial charge in [-0.25, -0.2) is 9.59 Å². The first-order valence-electron chi connectivity index (χ1n) is 7.63. The number of urea groups is 1. The number of hydrogen-bond donors (Lipinski definition) is 2. The van der Waals surface area contributed by atoms with Crippen molar-refractivity contribution in [3.63, 3.8) is 0 Å². The van der Waals surface area contributed by atoms with E-state index in [9.17, 15) is 9.59 Å². The van der Waals surface area contributed by atoms with Crippen molar-refractivity contribution in [3.05, 3.63) is 29.3 Å². The number of rotatable bonds is 5. The Morgan fingerprint density at radius 1 is 1.17 bits per heavy atom. The third-order valence-electron chi connectivity index (χ3n) is 2.81. The number of halogens is 1. The summed E-state index contributed by atoms with van der Waals surface area (Å²) >= 11 is 5.80. The number of esters is 1. The fourth-order valence-electron chi connectivity index (χ4n) is 1.92. The highest BCUT2D eigenvalue weighted by Gasteiger charge is 2.27. The predicted octanol–water partition coefficient (Wildman–Crippen LogP) is 4.22. The largest absolute Gasteiger partial charge is 0.458 e. The number of carbonyl (C=O) groups excluding carboxylic acids is 2. The van der Waals surface area contributed by atoms with Crippen LogP contribution in [0.5, 0.6) is 0 Å². The number of anilines is 1. The molecule has 1 rings (SSSR count). The van der Waals surface area contributed by atoms with Crippen LogP contribution in [-0.2, 0) is 9.53 Å². The first-order valence-corrected chi connectivity index (χ1v) is 8.00. The van der Waals surface area contributed by atoms with E-state index in [0.717, 1.165) is 0 Å². The molecule has 0 aliphatic carbocycles. The number of benzene rings is 1. The molecule has 6 heteroatoms. The van der Waals surface area contributed by atoms with E-state index in [1.54, 1.807) is 45.0 Å². The average Bonchev–Trinajstić information content (AvgIpc) is 2.38. The molecular weight excluding hydrogens is 316 g/mol. The van der Waals surface area contributed by atoms with Gasteiger partial charge in [-0.15, -0.1) is 0 Å². The van der Waals surface area contributed by atoms with Crippen LogP contribution in [0.3, 0.4) is 0 Å². The Morgan fingerprint density at radius 3 is 2.22 bits per heavy atom. The molecule has 128 valence electrons. The minimum atomic E-state index is -0.693. The van der Waals surface area contributed by atoms with Gasteiger partial charge in [-0.05, 0) is 57.4 Å². The molecule has 0 radical (unpaired) electrons. The first-order chi connectivity index (χ1) is 10.6. The molecule has 1 atom stereocenters. The van der Waals surface area contributed by atoms with Gasteiger partial charge in [-0.3, -0.25) is 0 Å². The molecule has 2 amide bonds. The summed E-state index contributed by atoms with van der Waals surface area (Å²) in [6.07, 6.45) is 0.503. The summed E-state index contributed by atoms with van der Waals surface area (Å²) < 4.78 is 5.37. The fourth-order valence-corrected chi connectivity index (χ4v) is 2.04. The lowest BCUT2D eigenvalue weighted by atomic mass is 10.0. The van der Waals surface area contributed by atoms with Crippen molar-refractivity contribution in [2.24, 2.45) is 5.92 Å². The van der Waals surface area contributed by atoms with Crippen molar-refractivity contribution in [2.75, 3.05) is 5.32 Å². The number of nitrogens with one attached hydrogen (secondary N) is 2. The fraction of sp³-hybridized carbons (Fsp3) is 0.529. The van der Waals surface area contributed by atoms with E-state index in [1.165, 1.54) is 0 Å². The number of amides is 2. The summed E-state index contributed by atoms with van der Waals surface area (Å²) in [5.41, 5.74) is 0.0000742. The maximum atomic E-state index is 12.2. The van der Waals surface area contributed by atoms with E-state index in [-0.39, 0.29) is 5.92 Å². The van der Waals surface area contributed by atoms with Gasteiger partial charge >= 0.3 is 12.0 Å². The Kier molecular flexibility index (Phi) is 6.88. The van der Waals surface area contributed by atoms with Gasteiger partial charge in [0.1, 0.15) is 11.6 Å². The second-order valence-electron chi connectivity index (χ2n) is 6.82. The van der Waals surface area contributed by atoms with Crippen molar-refractivity contribution in [2.45, 2.75) is 52.7 Å². The van der Waals surface area contributed by atoms with Gasteiger partial charge in [-0.1, -0.05) is 25.4 Å². The highest BCUT2D eigenvalue weighted by Crippen LogP contribution is 2.15. The number of hydrogen-bond acceptors (Lipinski definition) is 3. The maximum absolute atomic E-state index is 12.2. The van der Waals surface area contributed by atoms with Gasteiger partial charge in [0.15, 0.2) is 0 Å². The van der Waals surface area contributed by atoms with E-state index < -0.39 is 23.6 Å². The predicted molar refractivity (Wildman–Crippen MR) is 92.7 cm³/mol. The van der Waals surface area contributed by atoms with Gasteiger partial charge in [0.05, 0.1) is 0 Å². The van der Waals surface area contributed by atoms with Crippen LogP contribution in [0.4, 0.5) is 10.5 Å². The van der Waals surface area contributed by atoms with Crippen LogP contribution >= 0.6 is 11.6 Å². The Bertz CT molecular complexity index is 536. The smallest absolute Gasteiger partial charge is 0.329 e. The normalized spacial score (nSPS) is 12.7. The minimum absolute atomic E-state index is 0.239. The summed E-state index contributed by atoms with van der Waals surface area (Å²) in [4.78, 5) is 24.3. The van der Waals surface area contributed by atoms with Gasteiger partial charge in [0.25, 0.3) is 0 Å². The monoisotopic (exact) mass is 340 g/mol. The van der Waals surface area contributed by atoms with Crippen LogP contribution in [-0.4, -0.2) is 23.6 Å². The van der Waals surface area contributed by atoms with Crippen molar-refractivity contribution in [3.8, 4) is 0 Å². The summed E-state index contributed by atoms with van der Waals surface area (Å²) in [6, 6.07) is 5.58. The molecule has 2 N–H and O–H groups in total. The summed E-state index contributed by atoms with van der Waals surface area (Å²) in [6.45, 7) is 9.35. The van der Waals surface area contributed by atoms with Crippen LogP contribution < -0.4 is 10.6 Å². The summed E-state index contributed by atoms with van der Waals surface area (Å²) in [5, 5.41) is 5.94. The molecule has 0 heterocycles. The zero-order valence-electron chi connectivity index (χ0n) is 14.3. The highest BCUT2D eigenvalue weighted by atomic mass is 35.5. The number of carbonyl (C=O) groups is 2. The van der Waals surface area contributed by atoms with Crippen LogP contribution in [0, 0.1) is 5.92 Å². The summed E-state index contributed by atoms with van der Waals surface area (Å²) in [5.74, 6) is -0.194. The average molecular weight is 341 g/mol. The zero-order valence-corrected chi connectivity index (χ0v) is 15.0. The Labute approximate surface area is 142 Å². The highest BCUT2D eigenvalue weighted by molar-refractivity contribution is 6.30. The maximum Gasteiger partial charge on any atom is 0.329 e. The number of ether oxygens (including phenoxy) is 1. The first kappa shape index (κ1) is 19.3. The standard InChI is InChI=1S/C17H25ClN2O3/c1-11(2)10-14(15(21)23-17(3,4)5)20-16(22)19-13-8-6-12(18)7-9-13/h6-9,11,14H,10H2,1-5H3,(H2,19,20,22)/t14-/m0/s1.